The average Bonchev–Trinajstić information content (AvgIpc) is 3.25. The standard InChI is InChI=1S/C18H16F3NOS2/c19-18(20,21)11-5-3-8(4-6-11)12-13-9-1-2-10(7-9)14(13)24-16-15(12)25-17(23)22-16/h3-6,9-10,12-14H,1-2,7H2,(H,22,23)/t9-,10-,12+,13-,14+/m1/s1. The Morgan fingerprint density at radius 2 is 1.80 bits per heavy atom. The largest absolute Gasteiger partial charge is 0.416 e. The van der Waals surface area contributed by atoms with E-state index >= 15 is 0 Å². The van der Waals surface area contributed by atoms with Gasteiger partial charge in [0.05, 0.1) is 10.6 Å². The highest BCUT2D eigenvalue weighted by Gasteiger charge is 2.54. The lowest BCUT2D eigenvalue weighted by molar-refractivity contribution is -0.137. The van der Waals surface area contributed by atoms with Crippen LogP contribution < -0.4 is 4.87 Å². The van der Waals surface area contributed by atoms with Crippen LogP contribution in [-0.4, -0.2) is 10.2 Å². The van der Waals surface area contributed by atoms with Gasteiger partial charge in [-0.2, -0.15) is 13.2 Å². The van der Waals surface area contributed by atoms with Crippen LogP contribution in [0, 0.1) is 17.8 Å². The molecule has 0 radical (unpaired) electrons. The number of rotatable bonds is 1. The maximum Gasteiger partial charge on any atom is 0.416 e. The van der Waals surface area contributed by atoms with Crippen LogP contribution in [0.1, 0.15) is 41.2 Å². The minimum Gasteiger partial charge on any atom is -0.307 e. The first kappa shape index (κ1) is 16.0. The third-order valence-corrected chi connectivity index (χ3v) is 8.69. The molecule has 25 heavy (non-hydrogen) atoms. The van der Waals surface area contributed by atoms with Crippen LogP contribution in [0.15, 0.2) is 34.1 Å². The van der Waals surface area contributed by atoms with E-state index in [1.54, 1.807) is 23.9 Å². The highest BCUT2D eigenvalue weighted by molar-refractivity contribution is 8.00. The summed E-state index contributed by atoms with van der Waals surface area (Å²) in [6.07, 6.45) is -0.654. The molecule has 3 aliphatic rings. The number of halogens is 3. The fourth-order valence-electron chi connectivity index (χ4n) is 5.10. The molecule has 5 atom stereocenters. The third kappa shape index (κ3) is 2.42. The molecule has 0 spiro atoms. The second kappa shape index (κ2) is 5.39. The fourth-order valence-corrected chi connectivity index (χ4v) is 8.00. The van der Waals surface area contributed by atoms with Crippen molar-refractivity contribution in [3.05, 3.63) is 49.9 Å². The Morgan fingerprint density at radius 1 is 1.08 bits per heavy atom. The molecule has 2 aromatic rings. The number of alkyl halides is 3. The Hall–Kier alpha value is -1.21. The van der Waals surface area contributed by atoms with Crippen molar-refractivity contribution in [3.8, 4) is 0 Å². The Bertz CT molecular complexity index is 870. The SMILES string of the molecule is O=c1[nH]c2c(s1)[C@@H](c1ccc(C(F)(F)F)cc1)[C@H]1[C@@H]3CC[C@H](C3)[C@@H]1S2. The Kier molecular flexibility index (Phi) is 3.45. The summed E-state index contributed by atoms with van der Waals surface area (Å²) in [6.45, 7) is 0. The molecular formula is C18H16F3NOS2. The summed E-state index contributed by atoms with van der Waals surface area (Å²) in [4.78, 5) is 15.8. The molecule has 5 rings (SSSR count). The summed E-state index contributed by atoms with van der Waals surface area (Å²) in [5.74, 6) is 1.77. The minimum atomic E-state index is -4.32. The molecule has 1 N–H and O–H groups in total. The van der Waals surface area contributed by atoms with Crippen LogP contribution in [0.5, 0.6) is 0 Å². The average molecular weight is 383 g/mol. The molecule has 132 valence electrons. The van der Waals surface area contributed by atoms with Crippen LogP contribution in [0.2, 0.25) is 0 Å². The number of aromatic amines is 1. The smallest absolute Gasteiger partial charge is 0.307 e. The van der Waals surface area contributed by atoms with Crippen molar-refractivity contribution in [2.75, 3.05) is 0 Å². The predicted octanol–water partition coefficient (Wildman–Crippen LogP) is 5.11. The number of hydrogen-bond acceptors (Lipinski definition) is 3. The summed E-state index contributed by atoms with van der Waals surface area (Å²) in [5, 5.41) is 1.41. The first-order chi connectivity index (χ1) is 11.9. The number of fused-ring (bicyclic) bond motifs is 6. The molecule has 1 aromatic carbocycles. The second-order valence-electron chi connectivity index (χ2n) is 7.30. The van der Waals surface area contributed by atoms with Gasteiger partial charge in [0, 0.05) is 16.0 Å². The number of thioether (sulfide) groups is 1. The molecule has 2 aliphatic carbocycles. The van der Waals surface area contributed by atoms with E-state index in [1.807, 2.05) is 0 Å². The van der Waals surface area contributed by atoms with Gasteiger partial charge >= 0.3 is 11.0 Å². The fraction of sp³-hybridized carbons (Fsp3) is 0.500. The Balaban J connectivity index is 1.61. The highest BCUT2D eigenvalue weighted by atomic mass is 32.2. The van der Waals surface area contributed by atoms with Crippen molar-refractivity contribution in [1.29, 1.82) is 0 Å². The summed E-state index contributed by atoms with van der Waals surface area (Å²) in [6, 6.07) is 5.57. The van der Waals surface area contributed by atoms with Gasteiger partial charge in [-0.25, -0.2) is 0 Å². The van der Waals surface area contributed by atoms with Crippen molar-refractivity contribution < 1.29 is 13.2 Å². The van der Waals surface area contributed by atoms with Crippen molar-refractivity contribution in [3.63, 3.8) is 0 Å². The van der Waals surface area contributed by atoms with E-state index in [-0.39, 0.29) is 10.8 Å². The molecule has 2 heterocycles. The molecule has 1 aromatic heterocycles. The topological polar surface area (TPSA) is 32.9 Å². The number of hydrogen-bond donors (Lipinski definition) is 1. The quantitative estimate of drug-likeness (QED) is 0.742. The molecule has 7 heteroatoms. The lowest BCUT2D eigenvalue weighted by Gasteiger charge is -2.40. The number of H-pyrrole nitrogens is 1. The van der Waals surface area contributed by atoms with Crippen molar-refractivity contribution in [1.82, 2.24) is 4.98 Å². The van der Waals surface area contributed by atoms with E-state index in [9.17, 15) is 18.0 Å². The zero-order valence-corrected chi connectivity index (χ0v) is 14.8. The molecule has 2 saturated carbocycles. The molecule has 2 bridgehead atoms. The van der Waals surface area contributed by atoms with Gasteiger partial charge in [-0.3, -0.25) is 4.79 Å². The van der Waals surface area contributed by atoms with Crippen LogP contribution in [0.4, 0.5) is 13.2 Å². The van der Waals surface area contributed by atoms with Crippen molar-refractivity contribution in [2.45, 2.75) is 41.6 Å². The summed E-state index contributed by atoms with van der Waals surface area (Å²) in [5.41, 5.74) is 0.292. The van der Waals surface area contributed by atoms with E-state index in [2.05, 4.69) is 4.98 Å². The monoisotopic (exact) mass is 383 g/mol. The van der Waals surface area contributed by atoms with Crippen LogP contribution in [-0.2, 0) is 6.18 Å². The zero-order chi connectivity index (χ0) is 17.3. The lowest BCUT2D eigenvalue weighted by Crippen LogP contribution is -2.33. The normalized spacial score (nSPS) is 33.3. The Labute approximate surface area is 150 Å². The van der Waals surface area contributed by atoms with Crippen molar-refractivity contribution >= 4 is 23.1 Å². The Morgan fingerprint density at radius 3 is 2.52 bits per heavy atom. The van der Waals surface area contributed by atoms with Gasteiger partial charge in [-0.15, -0.1) is 11.8 Å². The molecule has 2 nitrogen and oxygen atoms in total. The number of benzene rings is 1. The van der Waals surface area contributed by atoms with Gasteiger partial charge in [0.2, 0.25) is 0 Å². The highest BCUT2D eigenvalue weighted by Crippen LogP contribution is 2.63. The van der Waals surface area contributed by atoms with Gasteiger partial charge in [0.1, 0.15) is 0 Å². The maximum atomic E-state index is 12.9. The number of aromatic nitrogens is 1. The van der Waals surface area contributed by atoms with Gasteiger partial charge < -0.3 is 4.98 Å². The first-order valence-corrected chi connectivity index (χ1v) is 10.2. The van der Waals surface area contributed by atoms with Crippen LogP contribution in [0.25, 0.3) is 0 Å². The molecule has 0 unspecified atom stereocenters. The van der Waals surface area contributed by atoms with Crippen molar-refractivity contribution in [2.24, 2.45) is 17.8 Å². The lowest BCUT2D eigenvalue weighted by atomic mass is 9.75. The second-order valence-corrected chi connectivity index (χ2v) is 9.50. The third-order valence-electron chi connectivity index (χ3n) is 6.06. The van der Waals surface area contributed by atoms with Crippen LogP contribution in [0.3, 0.4) is 0 Å². The zero-order valence-electron chi connectivity index (χ0n) is 13.2. The summed E-state index contributed by atoms with van der Waals surface area (Å²) in [7, 11) is 0. The van der Waals surface area contributed by atoms with E-state index in [1.165, 1.54) is 42.7 Å². The van der Waals surface area contributed by atoms with E-state index in [0.717, 1.165) is 15.5 Å². The summed E-state index contributed by atoms with van der Waals surface area (Å²) < 4.78 is 38.7. The number of thiazole rings is 1. The van der Waals surface area contributed by atoms with E-state index < -0.39 is 11.7 Å². The summed E-state index contributed by atoms with van der Waals surface area (Å²) >= 11 is 3.02. The minimum absolute atomic E-state index is 0.0442. The van der Waals surface area contributed by atoms with Crippen LogP contribution >= 0.6 is 23.1 Å². The van der Waals surface area contributed by atoms with Gasteiger partial charge in [0.25, 0.3) is 0 Å². The van der Waals surface area contributed by atoms with Gasteiger partial charge in [-0.1, -0.05) is 23.5 Å². The molecule has 1 aliphatic heterocycles. The van der Waals surface area contributed by atoms with E-state index in [4.69, 9.17) is 0 Å². The first-order valence-electron chi connectivity index (χ1n) is 8.48. The predicted molar refractivity (Wildman–Crippen MR) is 92.2 cm³/mol. The van der Waals surface area contributed by atoms with Gasteiger partial charge in [-0.05, 0) is 54.7 Å². The van der Waals surface area contributed by atoms with Gasteiger partial charge in [0.15, 0.2) is 0 Å². The number of nitrogens with one attached hydrogen (secondary N) is 1. The maximum absolute atomic E-state index is 12.9. The molecule has 0 amide bonds. The molecule has 0 saturated heterocycles. The molecule has 2 fully saturated rings. The molecular weight excluding hydrogens is 367 g/mol. The van der Waals surface area contributed by atoms with E-state index in [0.29, 0.717) is 23.0 Å².